The number of rotatable bonds is 2. The summed E-state index contributed by atoms with van der Waals surface area (Å²) in [6.45, 7) is 0. The van der Waals surface area contributed by atoms with Crippen molar-refractivity contribution in [2.45, 2.75) is 25.7 Å². The Morgan fingerprint density at radius 2 is 1.73 bits per heavy atom. The minimum Gasteiger partial charge on any atom is -0.493 e. The fraction of sp³-hybridized carbons (Fsp3) is 0.300. The Balaban J connectivity index is 1.97. The van der Waals surface area contributed by atoms with E-state index >= 15 is 0 Å². The summed E-state index contributed by atoms with van der Waals surface area (Å²) >= 11 is 0. The van der Waals surface area contributed by atoms with E-state index in [9.17, 15) is 0 Å². The zero-order valence-corrected chi connectivity index (χ0v) is 13.1. The molecule has 112 valence electrons. The van der Waals surface area contributed by atoms with Gasteiger partial charge in [0.25, 0.3) is 0 Å². The third kappa shape index (κ3) is 1.94. The molecule has 2 aromatic rings. The highest BCUT2D eigenvalue weighted by atomic mass is 16.5. The molecule has 2 aliphatic carbocycles. The van der Waals surface area contributed by atoms with E-state index in [0.29, 0.717) is 0 Å². The van der Waals surface area contributed by atoms with Crippen LogP contribution in [0.25, 0.3) is 16.3 Å². The van der Waals surface area contributed by atoms with Gasteiger partial charge in [0.15, 0.2) is 11.5 Å². The Bertz CT molecular complexity index is 812. The molecule has 0 spiro atoms. The van der Waals surface area contributed by atoms with Crippen molar-refractivity contribution in [3.63, 3.8) is 0 Å². The van der Waals surface area contributed by atoms with Crippen LogP contribution in [-0.2, 0) is 6.42 Å². The topological polar surface area (TPSA) is 18.5 Å². The lowest BCUT2D eigenvalue weighted by molar-refractivity contribution is 0.356. The van der Waals surface area contributed by atoms with Gasteiger partial charge < -0.3 is 9.47 Å². The van der Waals surface area contributed by atoms with Gasteiger partial charge in [-0.05, 0) is 65.3 Å². The number of fused-ring (bicyclic) bond motifs is 4. The molecule has 2 aliphatic rings. The molecule has 0 radical (unpaired) electrons. The molecule has 4 rings (SSSR count). The first-order valence-corrected chi connectivity index (χ1v) is 7.88. The standard InChI is InChI=1S/C20H20O2/c1-21-19-11-14-8-10-16-15-6-4-3-5-13(15)7-9-17(16)18(14)12-20(19)22-2/h4,6,8,10-12H,3,5,7,9H2,1-2H3. The van der Waals surface area contributed by atoms with Crippen LogP contribution >= 0.6 is 0 Å². The van der Waals surface area contributed by atoms with Crippen LogP contribution in [0.2, 0.25) is 0 Å². The molecule has 2 heteroatoms. The molecule has 0 unspecified atom stereocenters. The summed E-state index contributed by atoms with van der Waals surface area (Å²) in [4.78, 5) is 0. The van der Waals surface area contributed by atoms with E-state index in [1.54, 1.807) is 19.8 Å². The molecule has 0 atom stereocenters. The second-order valence-electron chi connectivity index (χ2n) is 5.98. The summed E-state index contributed by atoms with van der Waals surface area (Å²) < 4.78 is 10.9. The van der Waals surface area contributed by atoms with E-state index in [1.165, 1.54) is 46.7 Å². The van der Waals surface area contributed by atoms with Crippen LogP contribution in [0.15, 0.2) is 42.0 Å². The van der Waals surface area contributed by atoms with E-state index in [1.807, 2.05) is 0 Å². The molecule has 22 heavy (non-hydrogen) atoms. The van der Waals surface area contributed by atoms with Crippen molar-refractivity contribution in [3.8, 4) is 11.5 Å². The summed E-state index contributed by atoms with van der Waals surface area (Å²) in [5.74, 6) is 1.60. The summed E-state index contributed by atoms with van der Waals surface area (Å²) in [5, 5.41) is 2.51. The van der Waals surface area contributed by atoms with Gasteiger partial charge in [-0.1, -0.05) is 29.9 Å². The Morgan fingerprint density at radius 1 is 0.909 bits per heavy atom. The smallest absolute Gasteiger partial charge is 0.161 e. The Kier molecular flexibility index (Phi) is 3.18. The van der Waals surface area contributed by atoms with Crippen LogP contribution < -0.4 is 9.47 Å². The zero-order valence-electron chi connectivity index (χ0n) is 13.1. The number of hydrogen-bond acceptors (Lipinski definition) is 2. The summed E-state index contributed by atoms with van der Waals surface area (Å²) in [6, 6.07) is 8.68. The molecule has 0 amide bonds. The Labute approximate surface area is 131 Å². The van der Waals surface area contributed by atoms with E-state index < -0.39 is 0 Å². The third-order valence-corrected chi connectivity index (χ3v) is 4.88. The molecule has 2 nitrogen and oxygen atoms in total. The number of allylic oxidation sites excluding steroid dienone is 4. The molecule has 0 bridgehead atoms. The van der Waals surface area contributed by atoms with Crippen molar-refractivity contribution in [3.05, 3.63) is 53.1 Å². The molecule has 0 heterocycles. The summed E-state index contributed by atoms with van der Waals surface area (Å²) in [5.41, 5.74) is 5.92. The maximum absolute atomic E-state index is 5.49. The summed E-state index contributed by atoms with van der Waals surface area (Å²) in [6.07, 6.45) is 9.31. The van der Waals surface area contributed by atoms with Gasteiger partial charge in [-0.15, -0.1) is 0 Å². The van der Waals surface area contributed by atoms with Crippen molar-refractivity contribution >= 4 is 16.3 Å². The van der Waals surface area contributed by atoms with E-state index in [4.69, 9.17) is 9.47 Å². The van der Waals surface area contributed by atoms with Crippen LogP contribution in [0.1, 0.15) is 30.4 Å². The van der Waals surface area contributed by atoms with Gasteiger partial charge in [0.2, 0.25) is 0 Å². The number of aryl methyl sites for hydroxylation is 1. The van der Waals surface area contributed by atoms with Crippen molar-refractivity contribution in [1.82, 2.24) is 0 Å². The normalized spacial score (nSPS) is 16.5. The van der Waals surface area contributed by atoms with Crippen molar-refractivity contribution in [2.24, 2.45) is 0 Å². The SMILES string of the molecule is COc1cc2ccc3c(c2cc1OC)CCC1=C3C=CCC1. The quantitative estimate of drug-likeness (QED) is 0.783. The highest BCUT2D eigenvalue weighted by molar-refractivity contribution is 5.95. The van der Waals surface area contributed by atoms with Crippen LogP contribution in [0.5, 0.6) is 11.5 Å². The Hall–Kier alpha value is -2.22. The minimum absolute atomic E-state index is 0.795. The van der Waals surface area contributed by atoms with Crippen molar-refractivity contribution in [2.75, 3.05) is 14.2 Å². The van der Waals surface area contributed by atoms with Gasteiger partial charge in [-0.25, -0.2) is 0 Å². The number of ether oxygens (including phenoxy) is 2. The van der Waals surface area contributed by atoms with Crippen molar-refractivity contribution in [1.29, 1.82) is 0 Å². The first-order valence-electron chi connectivity index (χ1n) is 7.88. The number of methoxy groups -OCH3 is 2. The molecular weight excluding hydrogens is 272 g/mol. The predicted octanol–water partition coefficient (Wildman–Crippen LogP) is 4.91. The lowest BCUT2D eigenvalue weighted by Gasteiger charge is -2.25. The van der Waals surface area contributed by atoms with Gasteiger partial charge in [-0.2, -0.15) is 0 Å². The van der Waals surface area contributed by atoms with E-state index in [0.717, 1.165) is 17.9 Å². The first-order chi connectivity index (χ1) is 10.8. The second kappa shape index (κ2) is 5.20. The largest absolute Gasteiger partial charge is 0.493 e. The van der Waals surface area contributed by atoms with Gasteiger partial charge in [0.05, 0.1) is 14.2 Å². The highest BCUT2D eigenvalue weighted by Crippen LogP contribution is 2.42. The molecule has 0 N–H and O–H groups in total. The average molecular weight is 292 g/mol. The van der Waals surface area contributed by atoms with Crippen LogP contribution in [0.4, 0.5) is 0 Å². The lowest BCUT2D eigenvalue weighted by atomic mass is 9.79. The highest BCUT2D eigenvalue weighted by Gasteiger charge is 2.21. The molecule has 2 aromatic carbocycles. The average Bonchev–Trinajstić information content (AvgIpc) is 2.59. The van der Waals surface area contributed by atoms with Gasteiger partial charge in [-0.3, -0.25) is 0 Å². The van der Waals surface area contributed by atoms with Gasteiger partial charge in [0, 0.05) is 0 Å². The maximum atomic E-state index is 5.49. The second-order valence-corrected chi connectivity index (χ2v) is 5.98. The van der Waals surface area contributed by atoms with Crippen molar-refractivity contribution < 1.29 is 9.47 Å². The minimum atomic E-state index is 0.795. The maximum Gasteiger partial charge on any atom is 0.161 e. The van der Waals surface area contributed by atoms with Gasteiger partial charge >= 0.3 is 0 Å². The number of hydrogen-bond donors (Lipinski definition) is 0. The molecular formula is C20H20O2. The monoisotopic (exact) mass is 292 g/mol. The predicted molar refractivity (Wildman–Crippen MR) is 90.7 cm³/mol. The summed E-state index contributed by atoms with van der Waals surface area (Å²) in [7, 11) is 3.38. The van der Waals surface area contributed by atoms with Crippen LogP contribution in [0.3, 0.4) is 0 Å². The molecule has 0 saturated carbocycles. The van der Waals surface area contributed by atoms with Crippen LogP contribution in [-0.4, -0.2) is 14.2 Å². The van der Waals surface area contributed by atoms with Crippen LogP contribution in [0, 0.1) is 0 Å². The number of benzene rings is 2. The molecule has 0 saturated heterocycles. The van der Waals surface area contributed by atoms with Gasteiger partial charge in [0.1, 0.15) is 0 Å². The van der Waals surface area contributed by atoms with E-state index in [2.05, 4.69) is 36.4 Å². The first kappa shape index (κ1) is 13.4. The zero-order chi connectivity index (χ0) is 15.1. The lowest BCUT2D eigenvalue weighted by Crippen LogP contribution is -2.07. The fourth-order valence-corrected chi connectivity index (χ4v) is 3.76. The molecule has 0 aromatic heterocycles. The molecule has 0 fully saturated rings. The van der Waals surface area contributed by atoms with E-state index in [-0.39, 0.29) is 0 Å². The fourth-order valence-electron chi connectivity index (χ4n) is 3.76. The third-order valence-electron chi connectivity index (χ3n) is 4.88. The Morgan fingerprint density at radius 3 is 2.55 bits per heavy atom. The molecule has 0 aliphatic heterocycles.